The van der Waals surface area contributed by atoms with Gasteiger partial charge >= 0.3 is 0 Å². The quantitative estimate of drug-likeness (QED) is 0.887. The lowest BCUT2D eigenvalue weighted by molar-refractivity contribution is -0.122. The van der Waals surface area contributed by atoms with E-state index in [0.29, 0.717) is 13.2 Å². The summed E-state index contributed by atoms with van der Waals surface area (Å²) >= 11 is 0. The molecule has 2 aromatic carbocycles. The third-order valence-electron chi connectivity index (χ3n) is 4.30. The molecule has 0 saturated carbocycles. The van der Waals surface area contributed by atoms with E-state index in [9.17, 15) is 9.18 Å². The maximum atomic E-state index is 13.1. The molecule has 24 heavy (non-hydrogen) atoms. The number of nitrogens with two attached hydrogens (primary N) is 1. The second-order valence-corrected chi connectivity index (χ2v) is 6.09. The molecule has 1 fully saturated rings. The number of benzene rings is 2. The number of likely N-dealkylation sites (tertiary alicyclic amines) is 1. The molecular weight excluding hydrogens is 307 g/mol. The highest BCUT2D eigenvalue weighted by Crippen LogP contribution is 2.21. The average molecular weight is 328 g/mol. The number of nitrogens with zero attached hydrogens (tertiary/aromatic N) is 1. The topological polar surface area (TPSA) is 55.6 Å². The normalized spacial score (nSPS) is 17.8. The largest absolute Gasteiger partial charge is 0.489 e. The van der Waals surface area contributed by atoms with E-state index in [1.807, 2.05) is 30.3 Å². The SMILES string of the molecule is NC(=O)[C@@H]1CCCN1Cc1ccc(OCc2cccc(F)c2)cc1. The zero-order valence-corrected chi connectivity index (χ0v) is 13.5. The third-order valence-corrected chi connectivity index (χ3v) is 4.30. The Balaban J connectivity index is 1.56. The molecule has 1 saturated heterocycles. The molecule has 0 radical (unpaired) electrons. The third kappa shape index (κ3) is 4.11. The first kappa shape index (κ1) is 16.5. The van der Waals surface area contributed by atoms with Gasteiger partial charge in [-0.2, -0.15) is 0 Å². The zero-order chi connectivity index (χ0) is 16.9. The number of primary amides is 1. The van der Waals surface area contributed by atoms with Crippen LogP contribution in [0.2, 0.25) is 0 Å². The van der Waals surface area contributed by atoms with E-state index in [1.54, 1.807) is 6.07 Å². The van der Waals surface area contributed by atoms with Gasteiger partial charge in [0.2, 0.25) is 5.91 Å². The van der Waals surface area contributed by atoms with Gasteiger partial charge in [-0.3, -0.25) is 9.69 Å². The molecule has 0 spiro atoms. The molecule has 2 N–H and O–H groups in total. The van der Waals surface area contributed by atoms with Gasteiger partial charge in [-0.05, 0) is 54.8 Å². The average Bonchev–Trinajstić information content (AvgIpc) is 3.03. The summed E-state index contributed by atoms with van der Waals surface area (Å²) in [7, 11) is 0. The van der Waals surface area contributed by atoms with Gasteiger partial charge in [0.25, 0.3) is 0 Å². The van der Waals surface area contributed by atoms with Gasteiger partial charge < -0.3 is 10.5 Å². The van der Waals surface area contributed by atoms with Crippen molar-refractivity contribution in [3.8, 4) is 5.75 Å². The van der Waals surface area contributed by atoms with E-state index in [0.717, 1.165) is 36.3 Å². The number of hydrogen-bond donors (Lipinski definition) is 1. The Labute approximate surface area is 141 Å². The van der Waals surface area contributed by atoms with Crippen LogP contribution in [-0.2, 0) is 17.9 Å². The lowest BCUT2D eigenvalue weighted by atomic mass is 10.1. The maximum Gasteiger partial charge on any atom is 0.234 e. The van der Waals surface area contributed by atoms with Gasteiger partial charge in [0.05, 0.1) is 6.04 Å². The molecule has 5 heteroatoms. The summed E-state index contributed by atoms with van der Waals surface area (Å²) in [5.41, 5.74) is 7.35. The lowest BCUT2D eigenvalue weighted by Crippen LogP contribution is -2.39. The van der Waals surface area contributed by atoms with E-state index in [-0.39, 0.29) is 17.8 Å². The smallest absolute Gasteiger partial charge is 0.234 e. The predicted molar refractivity (Wildman–Crippen MR) is 89.8 cm³/mol. The molecule has 126 valence electrons. The minimum absolute atomic E-state index is 0.158. The van der Waals surface area contributed by atoms with Crippen LogP contribution in [0.1, 0.15) is 24.0 Å². The van der Waals surface area contributed by atoms with Gasteiger partial charge in [0.1, 0.15) is 18.2 Å². The van der Waals surface area contributed by atoms with E-state index in [4.69, 9.17) is 10.5 Å². The van der Waals surface area contributed by atoms with Crippen molar-refractivity contribution in [2.45, 2.75) is 32.0 Å². The van der Waals surface area contributed by atoms with Crippen LogP contribution in [0.3, 0.4) is 0 Å². The van der Waals surface area contributed by atoms with Crippen LogP contribution >= 0.6 is 0 Å². The highest BCUT2D eigenvalue weighted by atomic mass is 19.1. The lowest BCUT2D eigenvalue weighted by Gasteiger charge is -2.21. The number of carbonyl (C=O) groups is 1. The van der Waals surface area contributed by atoms with Crippen LogP contribution in [0.4, 0.5) is 4.39 Å². The Hall–Kier alpha value is -2.40. The summed E-state index contributed by atoms with van der Waals surface area (Å²) in [6.07, 6.45) is 1.84. The highest BCUT2D eigenvalue weighted by Gasteiger charge is 2.28. The zero-order valence-electron chi connectivity index (χ0n) is 13.5. The Kier molecular flexibility index (Phi) is 5.11. The molecule has 1 amide bonds. The van der Waals surface area contributed by atoms with Gasteiger partial charge in [0.15, 0.2) is 0 Å². The minimum Gasteiger partial charge on any atom is -0.489 e. The molecule has 0 bridgehead atoms. The van der Waals surface area contributed by atoms with Gasteiger partial charge in [-0.25, -0.2) is 4.39 Å². The van der Waals surface area contributed by atoms with Crippen LogP contribution in [0.5, 0.6) is 5.75 Å². The number of ether oxygens (including phenoxy) is 1. The second-order valence-electron chi connectivity index (χ2n) is 6.09. The Morgan fingerprint density at radius 2 is 2.00 bits per heavy atom. The summed E-state index contributed by atoms with van der Waals surface area (Å²) in [4.78, 5) is 13.6. The molecule has 0 aromatic heterocycles. The van der Waals surface area contributed by atoms with Crippen molar-refractivity contribution in [2.24, 2.45) is 5.73 Å². The van der Waals surface area contributed by atoms with Crippen molar-refractivity contribution in [3.05, 3.63) is 65.5 Å². The van der Waals surface area contributed by atoms with Crippen LogP contribution in [-0.4, -0.2) is 23.4 Å². The molecule has 1 atom stereocenters. The molecular formula is C19H21FN2O2. The van der Waals surface area contributed by atoms with Crippen molar-refractivity contribution in [3.63, 3.8) is 0 Å². The summed E-state index contributed by atoms with van der Waals surface area (Å²) in [6.45, 7) is 1.93. The molecule has 1 heterocycles. The Bertz CT molecular complexity index is 703. The van der Waals surface area contributed by atoms with Crippen LogP contribution in [0.15, 0.2) is 48.5 Å². The monoisotopic (exact) mass is 328 g/mol. The van der Waals surface area contributed by atoms with Crippen molar-refractivity contribution in [1.82, 2.24) is 4.90 Å². The molecule has 2 aromatic rings. The molecule has 0 unspecified atom stereocenters. The van der Waals surface area contributed by atoms with Gasteiger partial charge in [-0.15, -0.1) is 0 Å². The summed E-state index contributed by atoms with van der Waals surface area (Å²) in [6, 6.07) is 14.0. The van der Waals surface area contributed by atoms with Crippen molar-refractivity contribution in [1.29, 1.82) is 0 Å². The first-order valence-electron chi connectivity index (χ1n) is 8.11. The number of hydrogen-bond acceptors (Lipinski definition) is 3. The van der Waals surface area contributed by atoms with Crippen molar-refractivity contribution >= 4 is 5.91 Å². The second kappa shape index (κ2) is 7.45. The van der Waals surface area contributed by atoms with Crippen molar-refractivity contribution < 1.29 is 13.9 Å². The fourth-order valence-corrected chi connectivity index (χ4v) is 3.06. The van der Waals surface area contributed by atoms with Gasteiger partial charge in [-0.1, -0.05) is 24.3 Å². The first-order valence-corrected chi connectivity index (χ1v) is 8.11. The number of halogens is 1. The van der Waals surface area contributed by atoms with E-state index in [1.165, 1.54) is 12.1 Å². The molecule has 0 aliphatic carbocycles. The van der Waals surface area contributed by atoms with E-state index < -0.39 is 0 Å². The molecule has 1 aliphatic heterocycles. The van der Waals surface area contributed by atoms with Crippen LogP contribution in [0.25, 0.3) is 0 Å². The van der Waals surface area contributed by atoms with Gasteiger partial charge in [0, 0.05) is 6.54 Å². The fourth-order valence-electron chi connectivity index (χ4n) is 3.06. The maximum absolute atomic E-state index is 13.1. The van der Waals surface area contributed by atoms with E-state index in [2.05, 4.69) is 4.90 Å². The molecule has 1 aliphatic rings. The molecule has 4 nitrogen and oxygen atoms in total. The number of rotatable bonds is 6. The standard InChI is InChI=1S/C19H21FN2O2/c20-16-4-1-3-15(11-16)13-24-17-8-6-14(7-9-17)12-22-10-2-5-18(22)19(21)23/h1,3-4,6-9,11,18H,2,5,10,12-13H2,(H2,21,23)/t18-/m0/s1. The first-order chi connectivity index (χ1) is 11.6. The van der Waals surface area contributed by atoms with E-state index >= 15 is 0 Å². The Morgan fingerprint density at radius 1 is 1.21 bits per heavy atom. The minimum atomic E-state index is -0.263. The highest BCUT2D eigenvalue weighted by molar-refractivity contribution is 5.80. The Morgan fingerprint density at radius 3 is 2.71 bits per heavy atom. The summed E-state index contributed by atoms with van der Waals surface area (Å²) in [5, 5.41) is 0. The summed E-state index contributed by atoms with van der Waals surface area (Å²) < 4.78 is 18.8. The fraction of sp³-hybridized carbons (Fsp3) is 0.316. The van der Waals surface area contributed by atoms with Crippen LogP contribution < -0.4 is 10.5 Å². The number of amides is 1. The molecule has 3 rings (SSSR count). The van der Waals surface area contributed by atoms with Crippen LogP contribution in [0, 0.1) is 5.82 Å². The summed E-state index contributed by atoms with van der Waals surface area (Å²) in [5.74, 6) is 0.222. The number of carbonyl (C=O) groups excluding carboxylic acids is 1. The predicted octanol–water partition coefficient (Wildman–Crippen LogP) is 2.85. The van der Waals surface area contributed by atoms with Crippen molar-refractivity contribution in [2.75, 3.05) is 6.54 Å².